The van der Waals surface area contributed by atoms with Crippen molar-refractivity contribution in [2.24, 2.45) is 0 Å². The normalized spacial score (nSPS) is 11.1. The van der Waals surface area contributed by atoms with Crippen LogP contribution in [0.5, 0.6) is 0 Å². The average Bonchev–Trinajstić information content (AvgIpc) is 2.02. The molecule has 80 valence electrons. The Morgan fingerprint density at radius 3 is 2.43 bits per heavy atom. The zero-order valence-electron chi connectivity index (χ0n) is 8.58. The lowest BCUT2D eigenvalue weighted by Gasteiger charge is -2.00. The quantitative estimate of drug-likeness (QED) is 0.524. The minimum absolute atomic E-state index is 0.179. The fourth-order valence-electron chi connectivity index (χ4n) is 0.922. The second kappa shape index (κ2) is 7.12. The SMILES string of the molecule is CC(=O)OC/C=C(/C)CCCC(=O)O. The summed E-state index contributed by atoms with van der Waals surface area (Å²) in [6.07, 6.45) is 3.33. The zero-order chi connectivity index (χ0) is 11.0. The van der Waals surface area contributed by atoms with Crippen LogP contribution in [0.2, 0.25) is 0 Å². The van der Waals surface area contributed by atoms with E-state index in [1.807, 2.05) is 6.92 Å². The summed E-state index contributed by atoms with van der Waals surface area (Å²) in [5.41, 5.74) is 1.05. The Morgan fingerprint density at radius 2 is 1.93 bits per heavy atom. The van der Waals surface area contributed by atoms with Crippen molar-refractivity contribution in [2.75, 3.05) is 6.61 Å². The minimum atomic E-state index is -0.780. The van der Waals surface area contributed by atoms with Gasteiger partial charge in [0, 0.05) is 13.3 Å². The highest BCUT2D eigenvalue weighted by molar-refractivity contribution is 5.66. The van der Waals surface area contributed by atoms with Crippen LogP contribution in [0.1, 0.15) is 33.1 Å². The lowest BCUT2D eigenvalue weighted by atomic mass is 10.1. The maximum atomic E-state index is 10.4. The predicted octanol–water partition coefficient (Wildman–Crippen LogP) is 1.75. The second-order valence-electron chi connectivity index (χ2n) is 3.10. The first-order valence-electron chi connectivity index (χ1n) is 4.53. The first-order valence-corrected chi connectivity index (χ1v) is 4.53. The van der Waals surface area contributed by atoms with Crippen molar-refractivity contribution in [3.05, 3.63) is 11.6 Å². The molecule has 0 heterocycles. The van der Waals surface area contributed by atoms with Gasteiger partial charge >= 0.3 is 11.9 Å². The summed E-state index contributed by atoms with van der Waals surface area (Å²) >= 11 is 0. The number of ether oxygens (including phenoxy) is 1. The van der Waals surface area contributed by atoms with E-state index in [4.69, 9.17) is 9.84 Å². The molecule has 0 amide bonds. The third-order valence-corrected chi connectivity index (χ3v) is 1.68. The molecule has 0 atom stereocenters. The molecule has 14 heavy (non-hydrogen) atoms. The van der Waals surface area contributed by atoms with Crippen LogP contribution in [-0.2, 0) is 14.3 Å². The van der Waals surface area contributed by atoms with E-state index in [0.717, 1.165) is 12.0 Å². The summed E-state index contributed by atoms with van der Waals surface area (Å²) in [5, 5.41) is 8.39. The molecule has 1 N–H and O–H groups in total. The first kappa shape index (κ1) is 12.7. The van der Waals surface area contributed by atoms with Gasteiger partial charge in [0.25, 0.3) is 0 Å². The number of hydrogen-bond donors (Lipinski definition) is 1. The highest BCUT2D eigenvalue weighted by atomic mass is 16.5. The topological polar surface area (TPSA) is 63.6 Å². The number of carboxylic acid groups (broad SMARTS) is 1. The van der Waals surface area contributed by atoms with Gasteiger partial charge in [-0.1, -0.05) is 5.57 Å². The molecule has 0 aromatic carbocycles. The van der Waals surface area contributed by atoms with E-state index >= 15 is 0 Å². The molecule has 0 saturated carbocycles. The monoisotopic (exact) mass is 200 g/mol. The molecule has 0 spiro atoms. The molecule has 0 saturated heterocycles. The largest absolute Gasteiger partial charge is 0.481 e. The van der Waals surface area contributed by atoms with Gasteiger partial charge in [-0.3, -0.25) is 9.59 Å². The third-order valence-electron chi connectivity index (χ3n) is 1.68. The van der Waals surface area contributed by atoms with Gasteiger partial charge in [-0.2, -0.15) is 0 Å². The number of carbonyl (C=O) groups excluding carboxylic acids is 1. The van der Waals surface area contributed by atoms with E-state index in [9.17, 15) is 9.59 Å². The number of allylic oxidation sites excluding steroid dienone is 1. The van der Waals surface area contributed by atoms with Crippen molar-refractivity contribution in [1.82, 2.24) is 0 Å². The Kier molecular flexibility index (Phi) is 6.45. The zero-order valence-corrected chi connectivity index (χ0v) is 8.58. The number of carboxylic acids is 1. The smallest absolute Gasteiger partial charge is 0.303 e. The number of hydrogen-bond acceptors (Lipinski definition) is 3. The molecular weight excluding hydrogens is 184 g/mol. The molecule has 0 aliphatic rings. The van der Waals surface area contributed by atoms with E-state index < -0.39 is 5.97 Å². The predicted molar refractivity (Wildman–Crippen MR) is 51.9 cm³/mol. The minimum Gasteiger partial charge on any atom is -0.481 e. The van der Waals surface area contributed by atoms with Crippen LogP contribution in [0.15, 0.2) is 11.6 Å². The third kappa shape index (κ3) is 8.77. The Bertz CT molecular complexity index is 230. The standard InChI is InChI=1S/C10H16O4/c1-8(4-3-5-10(12)13)6-7-14-9(2)11/h6H,3-5,7H2,1-2H3,(H,12,13)/b8-6-. The lowest BCUT2D eigenvalue weighted by molar-refractivity contribution is -0.140. The lowest BCUT2D eigenvalue weighted by Crippen LogP contribution is -1.98. The molecule has 0 aliphatic heterocycles. The van der Waals surface area contributed by atoms with Gasteiger partial charge in [-0.05, 0) is 25.8 Å². The summed E-state index contributed by atoms with van der Waals surface area (Å²) in [7, 11) is 0. The van der Waals surface area contributed by atoms with Crippen molar-refractivity contribution in [1.29, 1.82) is 0 Å². The molecule has 0 bridgehead atoms. The molecule has 0 aliphatic carbocycles. The molecule has 0 aromatic rings. The summed E-state index contributed by atoms with van der Waals surface area (Å²) in [6.45, 7) is 3.52. The Morgan fingerprint density at radius 1 is 1.29 bits per heavy atom. The number of carbonyl (C=O) groups is 2. The van der Waals surface area contributed by atoms with Crippen molar-refractivity contribution in [2.45, 2.75) is 33.1 Å². The van der Waals surface area contributed by atoms with Crippen LogP contribution in [0.4, 0.5) is 0 Å². The number of esters is 1. The van der Waals surface area contributed by atoms with Crippen LogP contribution in [-0.4, -0.2) is 23.7 Å². The fraction of sp³-hybridized carbons (Fsp3) is 0.600. The number of aliphatic carboxylic acids is 1. The summed E-state index contributed by atoms with van der Waals surface area (Å²) in [5.74, 6) is -1.09. The summed E-state index contributed by atoms with van der Waals surface area (Å²) in [6, 6.07) is 0. The summed E-state index contributed by atoms with van der Waals surface area (Å²) < 4.78 is 4.71. The second-order valence-corrected chi connectivity index (χ2v) is 3.10. The van der Waals surface area contributed by atoms with Crippen LogP contribution < -0.4 is 0 Å². The summed E-state index contributed by atoms with van der Waals surface area (Å²) in [4.78, 5) is 20.6. The molecule has 4 nitrogen and oxygen atoms in total. The Labute approximate surface area is 83.6 Å². The molecule has 0 unspecified atom stereocenters. The van der Waals surface area contributed by atoms with Gasteiger partial charge in [0.1, 0.15) is 6.61 Å². The van der Waals surface area contributed by atoms with Crippen molar-refractivity contribution < 1.29 is 19.4 Å². The highest BCUT2D eigenvalue weighted by Crippen LogP contribution is 2.06. The van der Waals surface area contributed by atoms with Gasteiger partial charge < -0.3 is 9.84 Å². The van der Waals surface area contributed by atoms with Gasteiger partial charge in [-0.15, -0.1) is 0 Å². The molecule has 0 radical (unpaired) electrons. The van der Waals surface area contributed by atoms with Crippen molar-refractivity contribution in [3.63, 3.8) is 0 Å². The van der Waals surface area contributed by atoms with Crippen molar-refractivity contribution >= 4 is 11.9 Å². The van der Waals surface area contributed by atoms with E-state index in [1.54, 1.807) is 6.08 Å². The van der Waals surface area contributed by atoms with Crippen LogP contribution in [0, 0.1) is 0 Å². The van der Waals surface area contributed by atoms with Gasteiger partial charge in [0.05, 0.1) is 0 Å². The van der Waals surface area contributed by atoms with Crippen molar-refractivity contribution in [3.8, 4) is 0 Å². The van der Waals surface area contributed by atoms with Gasteiger partial charge in [0.15, 0.2) is 0 Å². The number of rotatable bonds is 6. The van der Waals surface area contributed by atoms with Crippen LogP contribution in [0.3, 0.4) is 0 Å². The van der Waals surface area contributed by atoms with Gasteiger partial charge in [0.2, 0.25) is 0 Å². The molecule has 0 aromatic heterocycles. The van der Waals surface area contributed by atoms with Gasteiger partial charge in [-0.25, -0.2) is 0 Å². The molecule has 4 heteroatoms. The molecule has 0 fully saturated rings. The van der Waals surface area contributed by atoms with E-state index in [2.05, 4.69) is 0 Å². The Balaban J connectivity index is 3.56. The maximum Gasteiger partial charge on any atom is 0.303 e. The highest BCUT2D eigenvalue weighted by Gasteiger charge is 1.97. The van der Waals surface area contributed by atoms with Crippen LogP contribution in [0.25, 0.3) is 0 Å². The van der Waals surface area contributed by atoms with E-state index in [0.29, 0.717) is 6.42 Å². The molecule has 0 rings (SSSR count). The van der Waals surface area contributed by atoms with Crippen LogP contribution >= 0.6 is 0 Å². The maximum absolute atomic E-state index is 10.4. The molecular formula is C10H16O4. The fourth-order valence-corrected chi connectivity index (χ4v) is 0.922. The average molecular weight is 200 g/mol. The first-order chi connectivity index (χ1) is 6.52. The van der Waals surface area contributed by atoms with E-state index in [1.165, 1.54) is 6.92 Å². The van der Waals surface area contributed by atoms with E-state index in [-0.39, 0.29) is 19.0 Å². The Hall–Kier alpha value is -1.32.